The average molecular weight is 293 g/mol. The Balaban J connectivity index is 1.73. The van der Waals surface area contributed by atoms with Crippen molar-refractivity contribution < 1.29 is 0 Å². The van der Waals surface area contributed by atoms with E-state index < -0.39 is 0 Å². The van der Waals surface area contributed by atoms with Crippen LogP contribution in [0.3, 0.4) is 0 Å². The van der Waals surface area contributed by atoms with E-state index in [1.807, 2.05) is 4.68 Å². The van der Waals surface area contributed by atoms with Crippen LogP contribution in [0, 0.1) is 11.8 Å². The van der Waals surface area contributed by atoms with Crippen LogP contribution in [0.2, 0.25) is 0 Å². The Kier molecular flexibility index (Phi) is 6.64. The van der Waals surface area contributed by atoms with Gasteiger partial charge in [-0.25, -0.2) is 0 Å². The molecule has 2 rings (SSSR count). The summed E-state index contributed by atoms with van der Waals surface area (Å²) in [5, 5.41) is 11.7. The van der Waals surface area contributed by atoms with Crippen molar-refractivity contribution in [3.8, 4) is 0 Å². The van der Waals surface area contributed by atoms with Crippen LogP contribution < -0.4 is 5.32 Å². The molecule has 1 aromatic heterocycles. The van der Waals surface area contributed by atoms with Crippen LogP contribution in [-0.4, -0.2) is 46.1 Å². The van der Waals surface area contributed by atoms with Crippen LogP contribution in [0.25, 0.3) is 0 Å². The van der Waals surface area contributed by atoms with Crippen LogP contribution in [0.4, 0.5) is 0 Å². The van der Waals surface area contributed by atoms with E-state index in [2.05, 4.69) is 47.5 Å². The van der Waals surface area contributed by atoms with Gasteiger partial charge in [-0.2, -0.15) is 0 Å². The molecule has 21 heavy (non-hydrogen) atoms. The molecule has 1 saturated heterocycles. The summed E-state index contributed by atoms with van der Waals surface area (Å²) in [4.78, 5) is 2.59. The third-order valence-electron chi connectivity index (χ3n) is 4.60. The summed E-state index contributed by atoms with van der Waals surface area (Å²) in [6.45, 7) is 13.1. The third kappa shape index (κ3) is 5.40. The molecule has 1 aliphatic rings. The molecule has 2 heterocycles. The molecule has 5 heteroatoms. The van der Waals surface area contributed by atoms with E-state index >= 15 is 0 Å². The summed E-state index contributed by atoms with van der Waals surface area (Å²) in [6.07, 6.45) is 6.15. The minimum Gasteiger partial charge on any atom is -0.311 e. The van der Waals surface area contributed by atoms with Crippen molar-refractivity contribution in [2.24, 2.45) is 11.8 Å². The van der Waals surface area contributed by atoms with Gasteiger partial charge in [-0.05, 0) is 50.7 Å². The van der Waals surface area contributed by atoms with Crippen molar-refractivity contribution in [3.05, 3.63) is 11.9 Å². The normalized spacial score (nSPS) is 20.9. The maximum atomic E-state index is 4.22. The zero-order chi connectivity index (χ0) is 15.1. The van der Waals surface area contributed by atoms with Gasteiger partial charge < -0.3 is 10.2 Å². The molecule has 0 saturated carbocycles. The van der Waals surface area contributed by atoms with Crippen LogP contribution >= 0.6 is 0 Å². The Morgan fingerprint density at radius 1 is 1.29 bits per heavy atom. The highest BCUT2D eigenvalue weighted by Gasteiger charge is 2.19. The Morgan fingerprint density at radius 2 is 2.14 bits per heavy atom. The largest absolute Gasteiger partial charge is 0.311 e. The Morgan fingerprint density at radius 3 is 2.90 bits per heavy atom. The van der Waals surface area contributed by atoms with Gasteiger partial charge >= 0.3 is 0 Å². The SMILES string of the molecule is CCNCc1cn(CCN2CCCC(C(C)C)CC2)nn1. The highest BCUT2D eigenvalue weighted by molar-refractivity contribution is 4.91. The molecule has 1 N–H and O–H groups in total. The molecule has 0 radical (unpaired) electrons. The summed E-state index contributed by atoms with van der Waals surface area (Å²) in [7, 11) is 0. The smallest absolute Gasteiger partial charge is 0.0964 e. The summed E-state index contributed by atoms with van der Waals surface area (Å²) in [5.41, 5.74) is 1.03. The van der Waals surface area contributed by atoms with Gasteiger partial charge in [-0.15, -0.1) is 5.10 Å². The van der Waals surface area contributed by atoms with Crippen LogP contribution in [0.5, 0.6) is 0 Å². The molecule has 0 aliphatic carbocycles. The first kappa shape index (κ1) is 16.4. The van der Waals surface area contributed by atoms with Crippen molar-refractivity contribution in [1.29, 1.82) is 0 Å². The van der Waals surface area contributed by atoms with Crippen LogP contribution in [-0.2, 0) is 13.1 Å². The van der Waals surface area contributed by atoms with E-state index in [9.17, 15) is 0 Å². The molecule has 1 aromatic rings. The second kappa shape index (κ2) is 8.49. The van der Waals surface area contributed by atoms with E-state index in [1.54, 1.807) is 0 Å². The van der Waals surface area contributed by atoms with E-state index in [4.69, 9.17) is 0 Å². The van der Waals surface area contributed by atoms with Crippen molar-refractivity contribution in [2.75, 3.05) is 26.2 Å². The van der Waals surface area contributed by atoms with E-state index in [0.717, 1.165) is 43.7 Å². The first-order valence-corrected chi connectivity index (χ1v) is 8.51. The minimum absolute atomic E-state index is 0.816. The lowest BCUT2D eigenvalue weighted by atomic mass is 9.89. The Hall–Kier alpha value is -0.940. The number of hydrogen-bond donors (Lipinski definition) is 1. The topological polar surface area (TPSA) is 46.0 Å². The predicted molar refractivity (Wildman–Crippen MR) is 86.0 cm³/mol. The summed E-state index contributed by atoms with van der Waals surface area (Å²) >= 11 is 0. The minimum atomic E-state index is 0.816. The molecular formula is C16H31N5. The van der Waals surface area contributed by atoms with E-state index in [0.29, 0.717) is 0 Å². The molecule has 0 bridgehead atoms. The van der Waals surface area contributed by atoms with Gasteiger partial charge in [0.25, 0.3) is 0 Å². The Bertz CT molecular complexity index is 401. The summed E-state index contributed by atoms with van der Waals surface area (Å²) < 4.78 is 1.98. The van der Waals surface area contributed by atoms with Gasteiger partial charge in [0, 0.05) is 19.3 Å². The van der Waals surface area contributed by atoms with Crippen molar-refractivity contribution >= 4 is 0 Å². The second-order valence-corrected chi connectivity index (χ2v) is 6.53. The maximum absolute atomic E-state index is 4.22. The fourth-order valence-electron chi connectivity index (χ4n) is 3.10. The zero-order valence-corrected chi connectivity index (χ0v) is 13.9. The molecular weight excluding hydrogens is 262 g/mol. The Labute approximate surface area is 129 Å². The zero-order valence-electron chi connectivity index (χ0n) is 13.9. The lowest BCUT2D eigenvalue weighted by Crippen LogP contribution is -2.29. The predicted octanol–water partition coefficient (Wildman–Crippen LogP) is 2.15. The van der Waals surface area contributed by atoms with Crippen molar-refractivity contribution in [1.82, 2.24) is 25.2 Å². The van der Waals surface area contributed by atoms with Crippen LogP contribution in [0.1, 0.15) is 45.7 Å². The number of hydrogen-bond acceptors (Lipinski definition) is 4. The van der Waals surface area contributed by atoms with Gasteiger partial charge in [-0.1, -0.05) is 26.0 Å². The summed E-state index contributed by atoms with van der Waals surface area (Å²) in [6, 6.07) is 0. The quantitative estimate of drug-likeness (QED) is 0.837. The molecule has 1 unspecified atom stereocenters. The number of likely N-dealkylation sites (tertiary alicyclic amines) is 1. The highest BCUT2D eigenvalue weighted by atomic mass is 15.4. The highest BCUT2D eigenvalue weighted by Crippen LogP contribution is 2.24. The third-order valence-corrected chi connectivity index (χ3v) is 4.60. The lowest BCUT2D eigenvalue weighted by Gasteiger charge is -2.21. The molecule has 0 amide bonds. The number of nitrogens with zero attached hydrogens (tertiary/aromatic N) is 4. The maximum Gasteiger partial charge on any atom is 0.0964 e. The first-order valence-electron chi connectivity index (χ1n) is 8.51. The van der Waals surface area contributed by atoms with Gasteiger partial charge in [0.1, 0.15) is 0 Å². The van der Waals surface area contributed by atoms with Gasteiger partial charge in [-0.3, -0.25) is 4.68 Å². The molecule has 5 nitrogen and oxygen atoms in total. The van der Waals surface area contributed by atoms with Gasteiger partial charge in [0.15, 0.2) is 0 Å². The second-order valence-electron chi connectivity index (χ2n) is 6.53. The number of rotatable bonds is 7. The standard InChI is InChI=1S/C16H31N5/c1-4-17-12-16-13-21(19-18-16)11-10-20-8-5-6-15(7-9-20)14(2)3/h13-15,17H,4-12H2,1-3H3. The first-order chi connectivity index (χ1) is 10.2. The fourth-order valence-corrected chi connectivity index (χ4v) is 3.10. The molecule has 0 aromatic carbocycles. The van der Waals surface area contributed by atoms with Gasteiger partial charge in [0.05, 0.1) is 12.2 Å². The monoisotopic (exact) mass is 293 g/mol. The average Bonchev–Trinajstić information content (AvgIpc) is 2.78. The summed E-state index contributed by atoms with van der Waals surface area (Å²) in [5.74, 6) is 1.74. The van der Waals surface area contributed by atoms with Crippen LogP contribution in [0.15, 0.2) is 6.20 Å². The molecule has 1 fully saturated rings. The molecule has 1 aliphatic heterocycles. The molecule has 120 valence electrons. The number of nitrogens with one attached hydrogen (secondary N) is 1. The lowest BCUT2D eigenvalue weighted by molar-refractivity contribution is 0.257. The van der Waals surface area contributed by atoms with Crippen molar-refractivity contribution in [2.45, 2.75) is 53.1 Å². The van der Waals surface area contributed by atoms with Crippen molar-refractivity contribution in [3.63, 3.8) is 0 Å². The fraction of sp³-hybridized carbons (Fsp3) is 0.875. The van der Waals surface area contributed by atoms with E-state index in [1.165, 1.54) is 32.4 Å². The molecule has 1 atom stereocenters. The van der Waals surface area contributed by atoms with E-state index in [-0.39, 0.29) is 0 Å². The van der Waals surface area contributed by atoms with Gasteiger partial charge in [0.2, 0.25) is 0 Å². The number of aromatic nitrogens is 3. The molecule has 0 spiro atoms.